The van der Waals surface area contributed by atoms with Crippen LogP contribution in [0.15, 0.2) is 95.2 Å². The van der Waals surface area contributed by atoms with Crippen LogP contribution in [0.5, 0.6) is 0 Å². The molecule has 1 unspecified atom stereocenters. The maximum absolute atomic E-state index is 5.78. The second kappa shape index (κ2) is 9.88. The first-order valence-corrected chi connectivity index (χ1v) is 11.4. The smallest absolute Gasteiger partial charge is 0.117 e. The molecule has 3 nitrogen and oxygen atoms in total. The molecule has 0 spiro atoms. The average Bonchev–Trinajstić information content (AvgIpc) is 3.49. The Bertz CT molecular complexity index is 984. The molecular weight excluding hydrogens is 388 g/mol. The van der Waals surface area contributed by atoms with E-state index in [1.807, 2.05) is 17.8 Å². The first-order chi connectivity index (χ1) is 14.8. The van der Waals surface area contributed by atoms with E-state index in [9.17, 15) is 0 Å². The van der Waals surface area contributed by atoms with Gasteiger partial charge in [-0.25, -0.2) is 0 Å². The molecule has 2 aromatic heterocycles. The van der Waals surface area contributed by atoms with Gasteiger partial charge in [0.1, 0.15) is 5.76 Å². The van der Waals surface area contributed by atoms with Crippen molar-refractivity contribution in [2.45, 2.75) is 44.8 Å². The van der Waals surface area contributed by atoms with E-state index in [-0.39, 0.29) is 5.54 Å². The Labute approximate surface area is 183 Å². The summed E-state index contributed by atoms with van der Waals surface area (Å²) in [6, 6.07) is 25.6. The van der Waals surface area contributed by atoms with Crippen LogP contribution >= 0.6 is 11.3 Å². The number of hydrogen-bond donors (Lipinski definition) is 0. The molecule has 0 N–H and O–H groups in total. The maximum atomic E-state index is 5.78. The Kier molecular flexibility index (Phi) is 6.77. The first kappa shape index (κ1) is 20.6. The number of nitrogens with zero attached hydrogens (tertiary/aromatic N) is 2. The van der Waals surface area contributed by atoms with Crippen LogP contribution in [0.2, 0.25) is 0 Å². The van der Waals surface area contributed by atoms with Gasteiger partial charge in [0.15, 0.2) is 0 Å². The summed E-state index contributed by atoms with van der Waals surface area (Å²) in [5.74, 6) is 1.00. The Morgan fingerprint density at radius 2 is 1.60 bits per heavy atom. The lowest BCUT2D eigenvalue weighted by molar-refractivity contribution is 0.0583. The van der Waals surface area contributed by atoms with E-state index < -0.39 is 0 Å². The predicted molar refractivity (Wildman–Crippen MR) is 123 cm³/mol. The fourth-order valence-corrected chi connectivity index (χ4v) is 4.91. The van der Waals surface area contributed by atoms with Gasteiger partial charge in [0.2, 0.25) is 0 Å². The molecule has 0 aliphatic rings. The van der Waals surface area contributed by atoms with Crippen molar-refractivity contribution in [1.29, 1.82) is 0 Å². The predicted octanol–water partition coefficient (Wildman–Crippen LogP) is 6.37. The molecule has 0 aliphatic heterocycles. The largest absolute Gasteiger partial charge is 0.468 e. The minimum absolute atomic E-state index is 0.0451. The maximum Gasteiger partial charge on any atom is 0.117 e. The first-order valence-electron chi connectivity index (χ1n) is 10.5. The van der Waals surface area contributed by atoms with Crippen molar-refractivity contribution in [2.24, 2.45) is 0 Å². The molecule has 4 heteroatoms. The van der Waals surface area contributed by atoms with Crippen molar-refractivity contribution in [3.63, 3.8) is 0 Å². The SMILES string of the molecule is CCC(Cc1ccccc1)(Cc1cncs1)N(Cc1ccccc1)Cc1ccco1. The van der Waals surface area contributed by atoms with E-state index in [2.05, 4.69) is 83.5 Å². The van der Waals surface area contributed by atoms with E-state index in [0.29, 0.717) is 0 Å². The van der Waals surface area contributed by atoms with Crippen LogP contribution in [0.3, 0.4) is 0 Å². The monoisotopic (exact) mass is 416 g/mol. The lowest BCUT2D eigenvalue weighted by Crippen LogP contribution is -2.50. The van der Waals surface area contributed by atoms with Gasteiger partial charge in [0.25, 0.3) is 0 Å². The molecule has 0 aliphatic carbocycles. The lowest BCUT2D eigenvalue weighted by atomic mass is 9.82. The summed E-state index contributed by atoms with van der Waals surface area (Å²) >= 11 is 1.75. The zero-order valence-electron chi connectivity index (χ0n) is 17.4. The Morgan fingerprint density at radius 3 is 2.20 bits per heavy atom. The minimum atomic E-state index is -0.0451. The van der Waals surface area contributed by atoms with Crippen LogP contribution in [-0.2, 0) is 25.9 Å². The third-order valence-electron chi connectivity index (χ3n) is 5.83. The third-order valence-corrected chi connectivity index (χ3v) is 6.61. The Hall–Kier alpha value is -2.69. The molecule has 0 saturated carbocycles. The van der Waals surface area contributed by atoms with Crippen LogP contribution in [-0.4, -0.2) is 15.4 Å². The summed E-state index contributed by atoms with van der Waals surface area (Å²) in [5.41, 5.74) is 4.57. The average molecular weight is 417 g/mol. The number of hydrogen-bond acceptors (Lipinski definition) is 4. The number of benzene rings is 2. The molecule has 0 amide bonds. The molecule has 2 aromatic carbocycles. The third kappa shape index (κ3) is 5.07. The molecule has 0 bridgehead atoms. The van der Waals surface area contributed by atoms with Gasteiger partial charge >= 0.3 is 0 Å². The highest BCUT2D eigenvalue weighted by molar-refractivity contribution is 7.09. The molecule has 0 saturated heterocycles. The number of aromatic nitrogens is 1. The van der Waals surface area contributed by atoms with Crippen LogP contribution < -0.4 is 0 Å². The quantitative estimate of drug-likeness (QED) is 0.301. The van der Waals surface area contributed by atoms with Gasteiger partial charge in [0.05, 0.1) is 18.3 Å². The van der Waals surface area contributed by atoms with Crippen molar-refractivity contribution in [1.82, 2.24) is 9.88 Å². The summed E-state index contributed by atoms with van der Waals surface area (Å²) < 4.78 is 5.78. The van der Waals surface area contributed by atoms with Crippen molar-refractivity contribution in [3.05, 3.63) is 113 Å². The van der Waals surface area contributed by atoms with Crippen LogP contribution in [0.4, 0.5) is 0 Å². The fourth-order valence-electron chi connectivity index (χ4n) is 4.18. The highest BCUT2D eigenvalue weighted by Crippen LogP contribution is 2.33. The van der Waals surface area contributed by atoms with E-state index in [1.165, 1.54) is 16.0 Å². The molecule has 1 atom stereocenters. The van der Waals surface area contributed by atoms with Gasteiger partial charge in [-0.3, -0.25) is 9.88 Å². The van der Waals surface area contributed by atoms with Gasteiger partial charge < -0.3 is 4.42 Å². The molecule has 2 heterocycles. The number of rotatable bonds is 10. The van der Waals surface area contributed by atoms with Crippen LogP contribution in [0.25, 0.3) is 0 Å². The van der Waals surface area contributed by atoms with Crippen LogP contribution in [0.1, 0.15) is 35.1 Å². The molecule has 154 valence electrons. The highest BCUT2D eigenvalue weighted by atomic mass is 32.1. The topological polar surface area (TPSA) is 29.3 Å². The molecular formula is C26H28N2OS. The summed E-state index contributed by atoms with van der Waals surface area (Å²) in [6.07, 6.45) is 6.78. The molecule has 0 radical (unpaired) electrons. The normalized spacial score (nSPS) is 13.4. The molecule has 4 rings (SSSR count). The van der Waals surface area contributed by atoms with Crippen molar-refractivity contribution in [3.8, 4) is 0 Å². The van der Waals surface area contributed by atoms with Crippen molar-refractivity contribution < 1.29 is 4.42 Å². The summed E-state index contributed by atoms with van der Waals surface area (Å²) in [4.78, 5) is 8.28. The standard InChI is InChI=1S/C26H28N2OS/c1-2-26(17-25-18-27-21-30-25,16-22-10-5-3-6-11-22)28(20-24-14-9-15-29-24)19-23-12-7-4-8-13-23/h3-15,18,21H,2,16-17,19-20H2,1H3. The summed E-state index contributed by atoms with van der Waals surface area (Å²) in [7, 11) is 0. The van der Waals surface area contributed by atoms with Gasteiger partial charge in [-0.1, -0.05) is 67.6 Å². The van der Waals surface area contributed by atoms with E-state index >= 15 is 0 Å². The van der Waals surface area contributed by atoms with E-state index in [0.717, 1.165) is 38.1 Å². The summed E-state index contributed by atoms with van der Waals surface area (Å²) in [5, 5.41) is 0. The number of furan rings is 1. The second-order valence-electron chi connectivity index (χ2n) is 7.81. The second-order valence-corrected chi connectivity index (χ2v) is 8.78. The zero-order chi connectivity index (χ0) is 20.7. The highest BCUT2D eigenvalue weighted by Gasteiger charge is 2.36. The summed E-state index contributed by atoms with van der Waals surface area (Å²) in [6.45, 7) is 3.96. The minimum Gasteiger partial charge on any atom is -0.468 e. The van der Waals surface area contributed by atoms with Gasteiger partial charge in [-0.15, -0.1) is 11.3 Å². The zero-order valence-corrected chi connectivity index (χ0v) is 18.2. The van der Waals surface area contributed by atoms with Crippen LogP contribution in [0, 0.1) is 0 Å². The Balaban J connectivity index is 1.73. The van der Waals surface area contributed by atoms with Crippen molar-refractivity contribution in [2.75, 3.05) is 0 Å². The van der Waals surface area contributed by atoms with Gasteiger partial charge in [0, 0.05) is 29.6 Å². The molecule has 0 fully saturated rings. The lowest BCUT2D eigenvalue weighted by Gasteiger charge is -2.44. The fraction of sp³-hybridized carbons (Fsp3) is 0.269. The molecule has 4 aromatic rings. The van der Waals surface area contributed by atoms with Crippen molar-refractivity contribution >= 4 is 11.3 Å². The van der Waals surface area contributed by atoms with Gasteiger partial charge in [-0.05, 0) is 36.1 Å². The van der Waals surface area contributed by atoms with E-state index in [1.54, 1.807) is 17.6 Å². The Morgan fingerprint density at radius 1 is 0.867 bits per heavy atom. The van der Waals surface area contributed by atoms with Gasteiger partial charge in [-0.2, -0.15) is 0 Å². The van der Waals surface area contributed by atoms with E-state index in [4.69, 9.17) is 4.42 Å². The number of thiazole rings is 1. The molecule has 30 heavy (non-hydrogen) atoms.